The van der Waals surface area contributed by atoms with Crippen molar-refractivity contribution < 1.29 is 9.90 Å². The third kappa shape index (κ3) is 3.65. The zero-order valence-electron chi connectivity index (χ0n) is 10.9. The van der Waals surface area contributed by atoms with Crippen molar-refractivity contribution in [3.63, 3.8) is 0 Å². The standard InChI is InChI=1S/C12H20N4O2S/c1-19-7-8(6-17)2-13-3-9-4-14-10-5-15-12(18)16-11(9)10/h4-5,8,11,13-14,17H,2-3,6-7H2,1H3,(H2,15,16,18). The van der Waals surface area contributed by atoms with Gasteiger partial charge < -0.3 is 26.4 Å². The number of thioether (sulfide) groups is 1. The first kappa shape index (κ1) is 14.2. The monoisotopic (exact) mass is 284 g/mol. The van der Waals surface area contributed by atoms with Gasteiger partial charge >= 0.3 is 6.03 Å². The highest BCUT2D eigenvalue weighted by Gasteiger charge is 2.28. The van der Waals surface area contributed by atoms with E-state index in [9.17, 15) is 9.90 Å². The Balaban J connectivity index is 1.79. The lowest BCUT2D eigenvalue weighted by atomic mass is 10.1. The predicted octanol–water partition coefficient (Wildman–Crippen LogP) is -0.443. The molecule has 0 aromatic heterocycles. The second-order valence-electron chi connectivity index (χ2n) is 4.65. The van der Waals surface area contributed by atoms with Crippen molar-refractivity contribution in [2.24, 2.45) is 5.92 Å². The number of carbonyl (C=O) groups is 1. The van der Waals surface area contributed by atoms with Crippen LogP contribution in [0.2, 0.25) is 0 Å². The van der Waals surface area contributed by atoms with Gasteiger partial charge in [0.1, 0.15) is 0 Å². The molecule has 2 aliphatic heterocycles. The fourth-order valence-corrected chi connectivity index (χ4v) is 2.83. The summed E-state index contributed by atoms with van der Waals surface area (Å²) in [5, 5.41) is 21.2. The Labute approximate surface area is 117 Å². The Morgan fingerprint density at radius 3 is 3.05 bits per heavy atom. The first-order valence-electron chi connectivity index (χ1n) is 6.27. The maximum atomic E-state index is 11.3. The van der Waals surface area contributed by atoms with Crippen LogP contribution in [-0.2, 0) is 0 Å². The molecular weight excluding hydrogens is 264 g/mol. The van der Waals surface area contributed by atoms with Crippen LogP contribution in [-0.4, -0.2) is 48.9 Å². The van der Waals surface area contributed by atoms with Crippen molar-refractivity contribution in [1.29, 1.82) is 0 Å². The van der Waals surface area contributed by atoms with E-state index in [1.165, 1.54) is 0 Å². The molecule has 0 bridgehead atoms. The summed E-state index contributed by atoms with van der Waals surface area (Å²) < 4.78 is 0. The Bertz CT molecular complexity index is 397. The molecule has 0 aliphatic carbocycles. The maximum Gasteiger partial charge on any atom is 0.319 e. The number of hydrogen-bond acceptors (Lipinski definition) is 5. The van der Waals surface area contributed by atoms with Crippen LogP contribution in [0.15, 0.2) is 23.7 Å². The van der Waals surface area contributed by atoms with E-state index in [0.29, 0.717) is 6.54 Å². The second-order valence-corrected chi connectivity index (χ2v) is 5.56. The lowest BCUT2D eigenvalue weighted by molar-refractivity contribution is 0.237. The molecule has 0 saturated heterocycles. The molecule has 0 radical (unpaired) electrons. The Morgan fingerprint density at radius 2 is 2.32 bits per heavy atom. The minimum Gasteiger partial charge on any atom is -0.396 e. The van der Waals surface area contributed by atoms with Gasteiger partial charge in [0.05, 0.1) is 11.7 Å². The Morgan fingerprint density at radius 1 is 1.47 bits per heavy atom. The molecule has 0 fully saturated rings. The number of aliphatic hydroxyl groups is 1. The SMILES string of the molecule is CSCC(CO)CNCC1=CNC2=CNC(=O)NC12. The summed E-state index contributed by atoms with van der Waals surface area (Å²) in [6.07, 6.45) is 5.64. The minimum absolute atomic E-state index is 0.0608. The van der Waals surface area contributed by atoms with Gasteiger partial charge in [0.25, 0.3) is 0 Å². The van der Waals surface area contributed by atoms with Crippen molar-refractivity contribution in [3.05, 3.63) is 23.7 Å². The summed E-state index contributed by atoms with van der Waals surface area (Å²) >= 11 is 1.73. The van der Waals surface area contributed by atoms with Gasteiger partial charge in [-0.2, -0.15) is 11.8 Å². The first-order chi connectivity index (χ1) is 9.24. The van der Waals surface area contributed by atoms with E-state index in [4.69, 9.17) is 0 Å². The number of aliphatic hydroxyl groups excluding tert-OH is 1. The fraction of sp³-hybridized carbons (Fsp3) is 0.583. The fourth-order valence-electron chi connectivity index (χ4n) is 2.14. The topological polar surface area (TPSA) is 85.4 Å². The molecule has 0 aromatic carbocycles. The maximum absolute atomic E-state index is 11.3. The van der Waals surface area contributed by atoms with Crippen molar-refractivity contribution in [1.82, 2.24) is 21.3 Å². The van der Waals surface area contributed by atoms with E-state index < -0.39 is 0 Å². The number of amides is 2. The molecule has 2 unspecified atom stereocenters. The van der Waals surface area contributed by atoms with Gasteiger partial charge in [0.2, 0.25) is 0 Å². The molecule has 6 nitrogen and oxygen atoms in total. The Kier molecular flexibility index (Phi) is 5.12. The second kappa shape index (κ2) is 6.83. The number of rotatable bonds is 7. The van der Waals surface area contributed by atoms with Crippen molar-refractivity contribution in [2.75, 3.05) is 31.7 Å². The largest absolute Gasteiger partial charge is 0.396 e. The third-order valence-corrected chi connectivity index (χ3v) is 3.97. The van der Waals surface area contributed by atoms with E-state index in [1.54, 1.807) is 18.0 Å². The van der Waals surface area contributed by atoms with Crippen LogP contribution in [0.4, 0.5) is 4.79 Å². The van der Waals surface area contributed by atoms with Crippen LogP contribution in [0.5, 0.6) is 0 Å². The summed E-state index contributed by atoms with van der Waals surface area (Å²) in [6.45, 7) is 1.66. The van der Waals surface area contributed by atoms with Gasteiger partial charge in [-0.15, -0.1) is 0 Å². The van der Waals surface area contributed by atoms with Crippen LogP contribution in [0.1, 0.15) is 0 Å². The molecule has 0 aromatic rings. The van der Waals surface area contributed by atoms with Gasteiger partial charge in [-0.3, -0.25) is 0 Å². The summed E-state index contributed by atoms with van der Waals surface area (Å²) in [5.74, 6) is 1.21. The summed E-state index contributed by atoms with van der Waals surface area (Å²) in [4.78, 5) is 11.3. The minimum atomic E-state index is -0.182. The summed E-state index contributed by atoms with van der Waals surface area (Å²) in [5.41, 5.74) is 2.06. The van der Waals surface area contributed by atoms with Crippen LogP contribution in [0.25, 0.3) is 0 Å². The third-order valence-electron chi connectivity index (χ3n) is 3.16. The molecule has 0 saturated carbocycles. The van der Waals surface area contributed by atoms with Crippen LogP contribution in [0, 0.1) is 5.92 Å². The number of carbonyl (C=O) groups excluding carboxylic acids is 1. The van der Waals surface area contributed by atoms with E-state index >= 15 is 0 Å². The molecule has 2 aliphatic rings. The Hall–Kier alpha value is -1.18. The van der Waals surface area contributed by atoms with Crippen molar-refractivity contribution in [2.45, 2.75) is 6.04 Å². The molecule has 5 N–H and O–H groups in total. The average molecular weight is 284 g/mol. The summed E-state index contributed by atoms with van der Waals surface area (Å²) in [6, 6.07) is -0.242. The van der Waals surface area contributed by atoms with Gasteiger partial charge in [0.15, 0.2) is 0 Å². The molecule has 2 rings (SSSR count). The zero-order valence-corrected chi connectivity index (χ0v) is 11.7. The molecular formula is C12H20N4O2S. The predicted molar refractivity (Wildman–Crippen MR) is 76.6 cm³/mol. The normalized spacial score (nSPS) is 22.6. The van der Waals surface area contributed by atoms with Gasteiger partial charge in [-0.25, -0.2) is 4.79 Å². The number of fused-ring (bicyclic) bond motifs is 1. The molecule has 0 spiro atoms. The van der Waals surface area contributed by atoms with E-state index in [-0.39, 0.29) is 24.6 Å². The van der Waals surface area contributed by atoms with Crippen LogP contribution >= 0.6 is 11.8 Å². The highest BCUT2D eigenvalue weighted by Crippen LogP contribution is 2.17. The first-order valence-corrected chi connectivity index (χ1v) is 7.67. The quantitative estimate of drug-likeness (QED) is 0.437. The molecule has 2 atom stereocenters. The van der Waals surface area contributed by atoms with Gasteiger partial charge in [-0.05, 0) is 17.6 Å². The van der Waals surface area contributed by atoms with E-state index in [2.05, 4.69) is 21.3 Å². The van der Waals surface area contributed by atoms with E-state index in [1.807, 2.05) is 12.5 Å². The van der Waals surface area contributed by atoms with E-state index in [0.717, 1.165) is 23.6 Å². The lowest BCUT2D eigenvalue weighted by Gasteiger charge is -2.22. The molecule has 106 valence electrons. The molecule has 2 amide bonds. The highest BCUT2D eigenvalue weighted by atomic mass is 32.2. The van der Waals surface area contributed by atoms with Crippen molar-refractivity contribution >= 4 is 17.8 Å². The van der Waals surface area contributed by atoms with Gasteiger partial charge in [0, 0.05) is 38.0 Å². The summed E-state index contributed by atoms with van der Waals surface area (Å²) in [7, 11) is 0. The zero-order chi connectivity index (χ0) is 13.7. The number of urea groups is 1. The molecule has 2 heterocycles. The average Bonchev–Trinajstić information content (AvgIpc) is 2.80. The smallest absolute Gasteiger partial charge is 0.319 e. The lowest BCUT2D eigenvalue weighted by Crippen LogP contribution is -2.47. The van der Waals surface area contributed by atoms with Crippen LogP contribution < -0.4 is 21.3 Å². The van der Waals surface area contributed by atoms with Crippen molar-refractivity contribution in [3.8, 4) is 0 Å². The van der Waals surface area contributed by atoms with Gasteiger partial charge in [-0.1, -0.05) is 0 Å². The highest BCUT2D eigenvalue weighted by molar-refractivity contribution is 7.98. The van der Waals surface area contributed by atoms with Crippen LogP contribution in [0.3, 0.4) is 0 Å². The molecule has 19 heavy (non-hydrogen) atoms. The number of hydrogen-bond donors (Lipinski definition) is 5. The molecule has 7 heteroatoms. The number of nitrogens with one attached hydrogen (secondary N) is 4.